The molecule has 6 nitrogen and oxygen atoms in total. The Morgan fingerprint density at radius 2 is 2.04 bits per heavy atom. The van der Waals surface area contributed by atoms with Crippen molar-refractivity contribution >= 4 is 21.6 Å². The Bertz CT molecular complexity index is 841. The van der Waals surface area contributed by atoms with E-state index in [2.05, 4.69) is 6.07 Å². The fourth-order valence-corrected chi connectivity index (χ4v) is 5.79. The van der Waals surface area contributed by atoms with Crippen molar-refractivity contribution in [3.05, 3.63) is 29.8 Å². The molecule has 3 aliphatic rings. The molecule has 2 heterocycles. The lowest BCUT2D eigenvalue weighted by Crippen LogP contribution is -2.35. The number of carbonyl (C=O) groups excluding carboxylic acids is 1. The summed E-state index contributed by atoms with van der Waals surface area (Å²) in [6.45, 7) is 1.47. The average molecular weight is 345 g/mol. The molecule has 2 aliphatic heterocycles. The Kier molecular flexibility index (Phi) is 3.44. The number of benzene rings is 1. The summed E-state index contributed by atoms with van der Waals surface area (Å²) in [5, 5.41) is 8.83. The first-order valence-electron chi connectivity index (χ1n) is 8.23. The van der Waals surface area contributed by atoms with Gasteiger partial charge in [0.25, 0.3) is 0 Å². The van der Waals surface area contributed by atoms with Crippen molar-refractivity contribution in [2.45, 2.75) is 30.9 Å². The van der Waals surface area contributed by atoms with Gasteiger partial charge >= 0.3 is 0 Å². The molecular weight excluding hydrogens is 326 g/mol. The number of anilines is 1. The van der Waals surface area contributed by atoms with Gasteiger partial charge in [0.1, 0.15) is 0 Å². The van der Waals surface area contributed by atoms with Gasteiger partial charge in [-0.25, -0.2) is 12.7 Å². The Morgan fingerprint density at radius 3 is 2.75 bits per heavy atom. The molecular formula is C17H19N3O3S. The lowest BCUT2D eigenvalue weighted by atomic mass is 9.86. The number of rotatable bonds is 3. The summed E-state index contributed by atoms with van der Waals surface area (Å²) in [5.41, 5.74) is 0.951. The van der Waals surface area contributed by atoms with Gasteiger partial charge in [0.2, 0.25) is 15.9 Å². The topological polar surface area (TPSA) is 81.5 Å². The van der Waals surface area contributed by atoms with E-state index >= 15 is 0 Å². The van der Waals surface area contributed by atoms with E-state index in [-0.39, 0.29) is 16.6 Å². The fourth-order valence-electron chi connectivity index (χ4n) is 3.84. The average Bonchev–Trinajstić information content (AvgIpc) is 3.28. The molecule has 1 aromatic rings. The molecule has 1 amide bonds. The molecule has 1 unspecified atom stereocenters. The number of amides is 1. The fraction of sp³-hybridized carbons (Fsp3) is 0.529. The van der Waals surface area contributed by atoms with Crippen LogP contribution < -0.4 is 4.90 Å². The van der Waals surface area contributed by atoms with Crippen molar-refractivity contribution in [3.63, 3.8) is 0 Å². The summed E-state index contributed by atoms with van der Waals surface area (Å²) in [4.78, 5) is 14.2. The predicted molar refractivity (Wildman–Crippen MR) is 88.7 cm³/mol. The lowest BCUT2D eigenvalue weighted by molar-refractivity contribution is -0.117. The van der Waals surface area contributed by atoms with E-state index in [4.69, 9.17) is 5.26 Å². The van der Waals surface area contributed by atoms with Crippen LogP contribution in [0.4, 0.5) is 5.69 Å². The van der Waals surface area contributed by atoms with Crippen LogP contribution in [0.2, 0.25) is 0 Å². The van der Waals surface area contributed by atoms with Crippen molar-refractivity contribution in [2.24, 2.45) is 5.41 Å². The Labute approximate surface area is 141 Å². The number of sulfonamides is 1. The summed E-state index contributed by atoms with van der Waals surface area (Å²) in [6.07, 6.45) is 2.62. The highest BCUT2D eigenvalue weighted by Gasteiger charge is 2.52. The highest BCUT2D eigenvalue weighted by Crippen LogP contribution is 2.44. The second-order valence-corrected chi connectivity index (χ2v) is 9.36. The van der Waals surface area contributed by atoms with E-state index < -0.39 is 10.0 Å². The van der Waals surface area contributed by atoms with E-state index in [1.165, 1.54) is 0 Å². The third kappa shape index (κ3) is 2.50. The monoisotopic (exact) mass is 345 g/mol. The normalized spacial score (nSPS) is 27.8. The van der Waals surface area contributed by atoms with Crippen LogP contribution >= 0.6 is 0 Å². The summed E-state index contributed by atoms with van der Waals surface area (Å²) in [6, 6.07) is 9.10. The zero-order valence-corrected chi connectivity index (χ0v) is 14.1. The van der Waals surface area contributed by atoms with Crippen LogP contribution in [0.25, 0.3) is 0 Å². The molecule has 0 N–H and O–H groups in total. The maximum Gasteiger partial charge on any atom is 0.227 e. The number of carbonyl (C=O) groups is 1. The number of hydrogen-bond acceptors (Lipinski definition) is 4. The molecule has 1 spiro atoms. The standard InChI is InChI=1S/C17H19N3O3S/c18-10-13-2-1-3-14(8-13)20-12-17(9-16(20)21)6-7-19(11-17)24(22,23)15-4-5-15/h1-3,8,15H,4-7,9,11-12H2. The molecule has 1 atom stereocenters. The van der Waals surface area contributed by atoms with Gasteiger partial charge in [0, 0.05) is 37.2 Å². The van der Waals surface area contributed by atoms with Crippen LogP contribution in [-0.4, -0.2) is 43.5 Å². The minimum atomic E-state index is -3.18. The van der Waals surface area contributed by atoms with Gasteiger partial charge in [-0.05, 0) is 37.5 Å². The first kappa shape index (κ1) is 15.6. The molecule has 0 bridgehead atoms. The second-order valence-electron chi connectivity index (χ2n) is 7.15. The van der Waals surface area contributed by atoms with Crippen LogP contribution in [0.3, 0.4) is 0 Å². The van der Waals surface area contributed by atoms with E-state index in [1.54, 1.807) is 27.4 Å². The van der Waals surface area contributed by atoms with E-state index in [9.17, 15) is 13.2 Å². The number of nitrogens with zero attached hydrogens (tertiary/aromatic N) is 3. The Morgan fingerprint density at radius 1 is 1.25 bits per heavy atom. The molecule has 1 saturated carbocycles. The second kappa shape index (κ2) is 5.30. The minimum Gasteiger partial charge on any atom is -0.312 e. The van der Waals surface area contributed by atoms with Crippen LogP contribution in [0.5, 0.6) is 0 Å². The lowest BCUT2D eigenvalue weighted by Gasteiger charge is -2.24. The van der Waals surface area contributed by atoms with E-state index in [0.717, 1.165) is 24.9 Å². The predicted octanol–water partition coefficient (Wildman–Crippen LogP) is 1.48. The van der Waals surface area contributed by atoms with Crippen LogP contribution in [-0.2, 0) is 14.8 Å². The highest BCUT2D eigenvalue weighted by molar-refractivity contribution is 7.90. The molecule has 3 fully saturated rings. The molecule has 0 aromatic heterocycles. The van der Waals surface area contributed by atoms with Crippen molar-refractivity contribution in [1.82, 2.24) is 4.31 Å². The van der Waals surface area contributed by atoms with E-state index in [0.29, 0.717) is 31.6 Å². The molecule has 24 heavy (non-hydrogen) atoms. The quantitative estimate of drug-likeness (QED) is 0.831. The van der Waals surface area contributed by atoms with Crippen LogP contribution in [0, 0.1) is 16.7 Å². The van der Waals surface area contributed by atoms with Crippen molar-refractivity contribution < 1.29 is 13.2 Å². The van der Waals surface area contributed by atoms with Gasteiger partial charge in [-0.3, -0.25) is 4.79 Å². The molecule has 126 valence electrons. The number of hydrogen-bond donors (Lipinski definition) is 0. The SMILES string of the molecule is N#Cc1cccc(N2CC3(CCN(S(=O)(=O)C4CC4)C3)CC2=O)c1. The Hall–Kier alpha value is -1.91. The van der Waals surface area contributed by atoms with Gasteiger partial charge in [0.05, 0.1) is 16.9 Å². The van der Waals surface area contributed by atoms with Gasteiger partial charge in [-0.2, -0.15) is 5.26 Å². The summed E-state index contributed by atoms with van der Waals surface area (Å²) in [5.74, 6) is 0.00996. The summed E-state index contributed by atoms with van der Waals surface area (Å²) in [7, 11) is -3.18. The molecule has 7 heteroatoms. The number of nitriles is 1. The van der Waals surface area contributed by atoms with Crippen molar-refractivity contribution in [3.8, 4) is 6.07 Å². The van der Waals surface area contributed by atoms with Gasteiger partial charge < -0.3 is 4.90 Å². The zero-order valence-electron chi connectivity index (χ0n) is 13.3. The van der Waals surface area contributed by atoms with Crippen LogP contribution in [0.15, 0.2) is 24.3 Å². The first-order valence-corrected chi connectivity index (χ1v) is 9.73. The minimum absolute atomic E-state index is 0.00996. The zero-order chi connectivity index (χ0) is 16.9. The molecule has 0 radical (unpaired) electrons. The van der Waals surface area contributed by atoms with Crippen molar-refractivity contribution in [2.75, 3.05) is 24.5 Å². The van der Waals surface area contributed by atoms with E-state index in [1.807, 2.05) is 6.07 Å². The highest BCUT2D eigenvalue weighted by atomic mass is 32.2. The molecule has 4 rings (SSSR count). The molecule has 1 aliphatic carbocycles. The largest absolute Gasteiger partial charge is 0.312 e. The third-order valence-corrected chi connectivity index (χ3v) is 7.66. The van der Waals surface area contributed by atoms with Gasteiger partial charge in [-0.15, -0.1) is 0 Å². The van der Waals surface area contributed by atoms with Crippen molar-refractivity contribution in [1.29, 1.82) is 5.26 Å². The third-order valence-electron chi connectivity index (χ3n) is 5.32. The maximum atomic E-state index is 12.5. The molecule has 1 aromatic carbocycles. The van der Waals surface area contributed by atoms with Crippen LogP contribution in [0.1, 0.15) is 31.2 Å². The van der Waals surface area contributed by atoms with Gasteiger partial charge in [0.15, 0.2) is 0 Å². The van der Waals surface area contributed by atoms with Gasteiger partial charge in [-0.1, -0.05) is 6.07 Å². The smallest absolute Gasteiger partial charge is 0.227 e. The first-order chi connectivity index (χ1) is 11.4. The maximum absolute atomic E-state index is 12.5. The summed E-state index contributed by atoms with van der Waals surface area (Å²) >= 11 is 0. The Balaban J connectivity index is 1.55. The summed E-state index contributed by atoms with van der Waals surface area (Å²) < 4.78 is 26.5. The molecule has 2 saturated heterocycles.